The van der Waals surface area contributed by atoms with Crippen LogP contribution in [0.3, 0.4) is 0 Å². The molecule has 0 saturated heterocycles. The smallest absolute Gasteiger partial charge is 0.247 e. The maximum atomic E-state index is 13.4. The summed E-state index contributed by atoms with van der Waals surface area (Å²) in [5.74, 6) is -0.880. The van der Waals surface area contributed by atoms with Gasteiger partial charge in [-0.1, -0.05) is 12.1 Å². The van der Waals surface area contributed by atoms with Crippen LogP contribution in [0.4, 0.5) is 0 Å². The number of nitrogens with zero attached hydrogens (tertiary/aromatic N) is 4. The maximum Gasteiger partial charge on any atom is 0.247 e. The molecule has 0 bridgehead atoms. The van der Waals surface area contributed by atoms with Crippen molar-refractivity contribution in [1.82, 2.24) is 18.7 Å². The summed E-state index contributed by atoms with van der Waals surface area (Å²) >= 11 is 0. The van der Waals surface area contributed by atoms with Crippen LogP contribution in [-0.4, -0.2) is 113 Å². The molecule has 2 unspecified atom stereocenters. The Labute approximate surface area is 237 Å². The molecule has 0 fully saturated rings. The SMILES string of the molecule is COc1cc(C(O)P(=O)(N(C)C)N(C)C)ccc1OCCOc1ccc(C(O)P(=O)(N(C)C)N(C)C)cc1OC. The molecule has 2 aromatic rings. The fourth-order valence-corrected chi connectivity index (χ4v) is 8.49. The van der Waals surface area contributed by atoms with E-state index in [4.69, 9.17) is 18.9 Å². The number of methoxy groups -OCH3 is 2. The molecule has 12 nitrogen and oxygen atoms in total. The monoisotopic (exact) mass is 602 g/mol. The second-order valence-electron chi connectivity index (χ2n) is 9.83. The summed E-state index contributed by atoms with van der Waals surface area (Å²) < 4.78 is 55.6. The molecule has 2 aromatic carbocycles. The Balaban J connectivity index is 2.13. The molecule has 2 N–H and O–H groups in total. The van der Waals surface area contributed by atoms with Crippen molar-refractivity contribution < 1.29 is 38.3 Å². The Morgan fingerprint density at radius 3 is 1.15 bits per heavy atom. The lowest BCUT2D eigenvalue weighted by Gasteiger charge is -2.34. The van der Waals surface area contributed by atoms with Crippen molar-refractivity contribution in [3.8, 4) is 23.0 Å². The van der Waals surface area contributed by atoms with Gasteiger partial charge >= 0.3 is 0 Å². The van der Waals surface area contributed by atoms with Gasteiger partial charge in [0.15, 0.2) is 34.7 Å². The van der Waals surface area contributed by atoms with Crippen LogP contribution in [0.5, 0.6) is 23.0 Å². The van der Waals surface area contributed by atoms with E-state index >= 15 is 0 Å². The van der Waals surface area contributed by atoms with Crippen molar-refractivity contribution >= 4 is 14.9 Å². The first-order valence-corrected chi connectivity index (χ1v) is 15.9. The molecule has 0 amide bonds. The number of rotatable bonds is 15. The van der Waals surface area contributed by atoms with E-state index in [0.717, 1.165) is 0 Å². The highest BCUT2D eigenvalue weighted by Gasteiger charge is 2.39. The van der Waals surface area contributed by atoms with Gasteiger partial charge in [0.25, 0.3) is 0 Å². The molecule has 0 heterocycles. The minimum atomic E-state index is -3.26. The van der Waals surface area contributed by atoms with Crippen molar-refractivity contribution in [2.45, 2.75) is 11.7 Å². The van der Waals surface area contributed by atoms with Crippen molar-refractivity contribution in [1.29, 1.82) is 0 Å². The molecular weight excluding hydrogens is 558 g/mol. The van der Waals surface area contributed by atoms with Gasteiger partial charge in [-0.25, -0.2) is 18.7 Å². The summed E-state index contributed by atoms with van der Waals surface area (Å²) in [4.78, 5) is 0. The van der Waals surface area contributed by atoms with Crippen molar-refractivity contribution in [2.24, 2.45) is 0 Å². The molecule has 40 heavy (non-hydrogen) atoms. The first kappa shape index (κ1) is 34.1. The molecule has 0 spiro atoms. The number of ether oxygens (including phenoxy) is 4. The van der Waals surface area contributed by atoms with E-state index in [1.165, 1.54) is 32.9 Å². The zero-order valence-corrected chi connectivity index (χ0v) is 26.8. The first-order chi connectivity index (χ1) is 18.7. The average Bonchev–Trinajstić information content (AvgIpc) is 2.92. The molecule has 0 saturated carbocycles. The van der Waals surface area contributed by atoms with E-state index in [0.29, 0.717) is 34.1 Å². The van der Waals surface area contributed by atoms with E-state index in [-0.39, 0.29) is 13.2 Å². The van der Waals surface area contributed by atoms with Gasteiger partial charge in [-0.3, -0.25) is 9.13 Å². The third-order valence-electron chi connectivity index (χ3n) is 6.50. The van der Waals surface area contributed by atoms with E-state index in [1.54, 1.807) is 92.8 Å². The lowest BCUT2D eigenvalue weighted by Crippen LogP contribution is -2.25. The number of benzene rings is 2. The van der Waals surface area contributed by atoms with Crippen LogP contribution in [-0.2, 0) is 9.13 Å². The summed E-state index contributed by atoms with van der Waals surface area (Å²) in [7, 11) is 9.74. The zero-order chi connectivity index (χ0) is 30.4. The predicted octanol–water partition coefficient (Wildman–Crippen LogP) is 3.78. The Morgan fingerprint density at radius 1 is 0.600 bits per heavy atom. The minimum Gasteiger partial charge on any atom is -0.493 e. The zero-order valence-electron chi connectivity index (χ0n) is 25.1. The van der Waals surface area contributed by atoms with Gasteiger partial charge in [-0.05, 0) is 91.8 Å². The van der Waals surface area contributed by atoms with E-state index in [9.17, 15) is 19.3 Å². The number of aliphatic hydroxyl groups excluding tert-OH is 2. The number of hydrogen-bond acceptors (Lipinski definition) is 8. The van der Waals surface area contributed by atoms with Crippen LogP contribution in [0.15, 0.2) is 36.4 Å². The van der Waals surface area contributed by atoms with Gasteiger partial charge in [0, 0.05) is 0 Å². The second kappa shape index (κ2) is 14.2. The molecule has 14 heteroatoms. The quantitative estimate of drug-likeness (QED) is 0.228. The standard InChI is InChI=1S/C26H44N4O8P2/c1-27(2)39(33,28(3)4)25(31)19-11-13-21(23(17-19)35-9)37-15-16-38-22-14-12-20(18-24(22)36-10)26(32)40(34,29(5)6)30(7)8/h11-14,17-18,25-26,31-32H,15-16H2,1-10H3. The molecule has 0 aliphatic rings. The minimum absolute atomic E-state index is 0.163. The summed E-state index contributed by atoms with van der Waals surface area (Å²) in [6, 6.07) is 9.81. The largest absolute Gasteiger partial charge is 0.493 e. The molecule has 0 aliphatic heterocycles. The van der Waals surface area contributed by atoms with Crippen molar-refractivity contribution in [3.05, 3.63) is 47.5 Å². The third kappa shape index (κ3) is 7.01. The van der Waals surface area contributed by atoms with E-state index < -0.39 is 26.6 Å². The second-order valence-corrected chi connectivity index (χ2v) is 16.4. The number of aliphatic hydroxyl groups is 2. The van der Waals surface area contributed by atoms with Crippen LogP contribution >= 0.6 is 14.9 Å². The van der Waals surface area contributed by atoms with Crippen LogP contribution < -0.4 is 18.9 Å². The molecule has 0 aromatic heterocycles. The van der Waals surface area contributed by atoms with Crippen molar-refractivity contribution in [2.75, 3.05) is 83.8 Å². The lowest BCUT2D eigenvalue weighted by molar-refractivity contribution is 0.204. The van der Waals surface area contributed by atoms with Crippen LogP contribution in [0.2, 0.25) is 0 Å². The molecule has 0 radical (unpaired) electrons. The Kier molecular flexibility index (Phi) is 12.1. The van der Waals surface area contributed by atoms with Crippen LogP contribution in [0.25, 0.3) is 0 Å². The van der Waals surface area contributed by atoms with E-state index in [1.807, 2.05) is 0 Å². The fraction of sp³-hybridized carbons (Fsp3) is 0.538. The van der Waals surface area contributed by atoms with Gasteiger partial charge in [-0.15, -0.1) is 0 Å². The summed E-state index contributed by atoms with van der Waals surface area (Å²) in [5, 5.41) is 21.8. The van der Waals surface area contributed by atoms with Crippen molar-refractivity contribution in [3.63, 3.8) is 0 Å². The van der Waals surface area contributed by atoms with Gasteiger partial charge in [0.1, 0.15) is 13.2 Å². The molecular formula is C26H44N4O8P2. The highest BCUT2D eigenvalue weighted by molar-refractivity contribution is 7.59. The van der Waals surface area contributed by atoms with E-state index in [2.05, 4.69) is 0 Å². The molecule has 2 rings (SSSR count). The average molecular weight is 603 g/mol. The normalized spacial score (nSPS) is 14.1. The highest BCUT2D eigenvalue weighted by atomic mass is 31.2. The number of hydrogen-bond donors (Lipinski definition) is 2. The maximum absolute atomic E-state index is 13.4. The molecule has 226 valence electrons. The predicted molar refractivity (Wildman–Crippen MR) is 157 cm³/mol. The van der Waals surface area contributed by atoms with Gasteiger partial charge in [0.05, 0.1) is 14.2 Å². The summed E-state index contributed by atoms with van der Waals surface area (Å²) in [6.07, 6.45) is 0. The summed E-state index contributed by atoms with van der Waals surface area (Å²) in [6.45, 7) is 0.326. The van der Waals surface area contributed by atoms with Crippen LogP contribution in [0, 0.1) is 0 Å². The van der Waals surface area contributed by atoms with Gasteiger partial charge < -0.3 is 29.2 Å². The fourth-order valence-electron chi connectivity index (χ4n) is 4.21. The highest BCUT2D eigenvalue weighted by Crippen LogP contribution is 2.61. The Hall–Kier alpha value is -2.14. The topological polar surface area (TPSA) is 124 Å². The molecule has 0 aliphatic carbocycles. The summed E-state index contributed by atoms with van der Waals surface area (Å²) in [5.41, 5.74) is 0.873. The van der Waals surface area contributed by atoms with Crippen LogP contribution in [0.1, 0.15) is 22.8 Å². The lowest BCUT2D eigenvalue weighted by atomic mass is 10.2. The molecule has 2 atom stereocenters. The van der Waals surface area contributed by atoms with Gasteiger partial charge in [-0.2, -0.15) is 0 Å². The first-order valence-electron chi connectivity index (χ1n) is 12.5. The Bertz CT molecular complexity index is 1110. The van der Waals surface area contributed by atoms with Gasteiger partial charge in [0.2, 0.25) is 14.9 Å². The Morgan fingerprint density at radius 2 is 0.900 bits per heavy atom. The third-order valence-corrected chi connectivity index (χ3v) is 13.0.